The lowest BCUT2D eigenvalue weighted by molar-refractivity contribution is -0.116. The molecule has 0 saturated heterocycles. The van der Waals surface area contributed by atoms with E-state index in [1.54, 1.807) is 11.8 Å². The van der Waals surface area contributed by atoms with Crippen LogP contribution < -0.4 is 10.2 Å². The lowest BCUT2D eigenvalue weighted by Gasteiger charge is -2.15. The Morgan fingerprint density at radius 1 is 1.19 bits per heavy atom. The molecule has 0 aliphatic heterocycles. The number of nitrogens with one attached hydrogen (secondary N) is 1. The minimum absolute atomic E-state index is 0.0149. The molecule has 27 heavy (non-hydrogen) atoms. The molecule has 2 amide bonds. The smallest absolute Gasteiger partial charge is 0.234 e. The molecule has 2 aromatic carbocycles. The van der Waals surface area contributed by atoms with Gasteiger partial charge in [-0.05, 0) is 24.3 Å². The van der Waals surface area contributed by atoms with Crippen LogP contribution >= 0.6 is 23.1 Å². The van der Waals surface area contributed by atoms with Gasteiger partial charge in [0.05, 0.1) is 5.75 Å². The van der Waals surface area contributed by atoms with Gasteiger partial charge in [0.25, 0.3) is 0 Å². The summed E-state index contributed by atoms with van der Waals surface area (Å²) < 4.78 is 0.685. The van der Waals surface area contributed by atoms with Crippen LogP contribution in [-0.4, -0.2) is 33.8 Å². The van der Waals surface area contributed by atoms with Crippen molar-refractivity contribution in [3.63, 3.8) is 0 Å². The van der Waals surface area contributed by atoms with E-state index in [9.17, 15) is 9.59 Å². The van der Waals surface area contributed by atoms with E-state index in [0.717, 1.165) is 29.3 Å². The van der Waals surface area contributed by atoms with Crippen LogP contribution in [0, 0.1) is 0 Å². The van der Waals surface area contributed by atoms with Crippen molar-refractivity contribution in [1.82, 2.24) is 10.2 Å². The zero-order chi connectivity index (χ0) is 18.8. The third kappa shape index (κ3) is 4.12. The summed E-state index contributed by atoms with van der Waals surface area (Å²) in [5.41, 5.74) is 0.799. The maximum absolute atomic E-state index is 12.4. The Morgan fingerprint density at radius 2 is 1.96 bits per heavy atom. The fourth-order valence-electron chi connectivity index (χ4n) is 2.89. The summed E-state index contributed by atoms with van der Waals surface area (Å²) in [5.74, 6) is 0.124. The van der Waals surface area contributed by atoms with Crippen molar-refractivity contribution in [1.29, 1.82) is 0 Å². The number of rotatable bonds is 6. The number of fused-ring (bicyclic) bond motifs is 1. The summed E-state index contributed by atoms with van der Waals surface area (Å²) in [6.07, 6.45) is 2.02. The second-order valence-electron chi connectivity index (χ2n) is 6.33. The molecule has 1 aromatic heterocycles. The van der Waals surface area contributed by atoms with E-state index < -0.39 is 0 Å². The monoisotopic (exact) mass is 398 g/mol. The van der Waals surface area contributed by atoms with Crippen molar-refractivity contribution in [2.45, 2.75) is 30.1 Å². The summed E-state index contributed by atoms with van der Waals surface area (Å²) in [6, 6.07) is 14.0. The molecule has 4 rings (SSSR count). The number of aromatic nitrogens is 2. The molecule has 0 atom stereocenters. The van der Waals surface area contributed by atoms with E-state index in [4.69, 9.17) is 0 Å². The van der Waals surface area contributed by atoms with Gasteiger partial charge in [-0.2, -0.15) is 0 Å². The van der Waals surface area contributed by atoms with Crippen LogP contribution in [0.5, 0.6) is 0 Å². The lowest BCUT2D eigenvalue weighted by atomic mass is 10.1. The normalized spacial score (nSPS) is 13.5. The average molecular weight is 399 g/mol. The van der Waals surface area contributed by atoms with Crippen LogP contribution in [0.1, 0.15) is 19.8 Å². The molecule has 0 bridgehead atoms. The quantitative estimate of drug-likeness (QED) is 0.503. The van der Waals surface area contributed by atoms with Gasteiger partial charge in [0.2, 0.25) is 16.9 Å². The average Bonchev–Trinajstić information content (AvgIpc) is 3.37. The van der Waals surface area contributed by atoms with Gasteiger partial charge in [0, 0.05) is 24.0 Å². The third-order valence-electron chi connectivity index (χ3n) is 4.24. The molecule has 1 heterocycles. The molecule has 1 aliphatic rings. The Kier molecular flexibility index (Phi) is 5.09. The highest BCUT2D eigenvalue weighted by Gasteiger charge is 2.34. The first-order valence-electron chi connectivity index (χ1n) is 8.65. The molecule has 1 aliphatic carbocycles. The van der Waals surface area contributed by atoms with Crippen LogP contribution in [0.25, 0.3) is 10.8 Å². The molecular weight excluding hydrogens is 380 g/mol. The number of nitrogens with zero attached hydrogens (tertiary/aromatic N) is 3. The highest BCUT2D eigenvalue weighted by Crippen LogP contribution is 2.35. The molecule has 1 N–H and O–H groups in total. The van der Waals surface area contributed by atoms with Gasteiger partial charge in [0.1, 0.15) is 0 Å². The van der Waals surface area contributed by atoms with Gasteiger partial charge in [0.15, 0.2) is 4.34 Å². The summed E-state index contributed by atoms with van der Waals surface area (Å²) in [4.78, 5) is 25.9. The van der Waals surface area contributed by atoms with Gasteiger partial charge < -0.3 is 5.32 Å². The SMILES string of the molecule is CC(=O)N(c1nnc(SCC(=O)Nc2cccc3ccccc23)s1)C1CC1. The molecule has 0 unspecified atom stereocenters. The molecule has 8 heteroatoms. The molecule has 138 valence electrons. The summed E-state index contributed by atoms with van der Waals surface area (Å²) in [7, 11) is 0. The van der Waals surface area contributed by atoms with Crippen LogP contribution in [0.15, 0.2) is 46.8 Å². The molecule has 0 spiro atoms. The Labute approximate surface area is 165 Å². The van der Waals surface area contributed by atoms with Crippen molar-refractivity contribution in [2.75, 3.05) is 16.0 Å². The molecule has 3 aromatic rings. The van der Waals surface area contributed by atoms with E-state index >= 15 is 0 Å². The van der Waals surface area contributed by atoms with Crippen LogP contribution in [0.2, 0.25) is 0 Å². The van der Waals surface area contributed by atoms with Crippen molar-refractivity contribution < 1.29 is 9.59 Å². The van der Waals surface area contributed by atoms with Gasteiger partial charge >= 0.3 is 0 Å². The number of carbonyl (C=O) groups is 2. The second kappa shape index (κ2) is 7.66. The molecule has 6 nitrogen and oxygen atoms in total. The number of benzene rings is 2. The third-order valence-corrected chi connectivity index (χ3v) is 6.30. The second-order valence-corrected chi connectivity index (χ2v) is 8.51. The summed E-state index contributed by atoms with van der Waals surface area (Å²) >= 11 is 2.68. The molecule has 1 saturated carbocycles. The standard InChI is InChI=1S/C19H18N4O2S2/c1-12(24)23(14-9-10-14)18-21-22-19(27-18)26-11-17(25)20-16-8-4-6-13-5-2-3-7-15(13)16/h2-8,14H,9-11H2,1H3,(H,20,25). The van der Waals surface area contributed by atoms with E-state index in [2.05, 4.69) is 15.5 Å². The predicted octanol–water partition coefficient (Wildman–Crippen LogP) is 3.94. The maximum Gasteiger partial charge on any atom is 0.234 e. The fraction of sp³-hybridized carbons (Fsp3) is 0.263. The Hall–Kier alpha value is -2.45. The zero-order valence-electron chi connectivity index (χ0n) is 14.7. The van der Waals surface area contributed by atoms with Gasteiger partial charge in [-0.15, -0.1) is 10.2 Å². The van der Waals surface area contributed by atoms with E-state index in [0.29, 0.717) is 9.47 Å². The van der Waals surface area contributed by atoms with E-state index in [1.807, 2.05) is 42.5 Å². The highest BCUT2D eigenvalue weighted by molar-refractivity contribution is 8.01. The number of amides is 2. The minimum Gasteiger partial charge on any atom is -0.325 e. The van der Waals surface area contributed by atoms with Crippen molar-refractivity contribution in [2.24, 2.45) is 0 Å². The van der Waals surface area contributed by atoms with E-state index in [-0.39, 0.29) is 23.6 Å². The van der Waals surface area contributed by atoms with E-state index in [1.165, 1.54) is 23.1 Å². The predicted molar refractivity (Wildman–Crippen MR) is 109 cm³/mol. The Morgan fingerprint density at radius 3 is 2.74 bits per heavy atom. The van der Waals surface area contributed by atoms with Crippen LogP contribution in [0.4, 0.5) is 10.8 Å². The number of carbonyl (C=O) groups excluding carboxylic acids is 2. The van der Waals surface area contributed by atoms with Crippen LogP contribution in [-0.2, 0) is 9.59 Å². The number of hydrogen-bond acceptors (Lipinski definition) is 6. The first-order chi connectivity index (χ1) is 13.1. The fourth-order valence-corrected chi connectivity index (χ4v) is 4.64. The molecule has 0 radical (unpaired) electrons. The topological polar surface area (TPSA) is 75.2 Å². The first-order valence-corrected chi connectivity index (χ1v) is 10.5. The number of thioether (sulfide) groups is 1. The van der Waals surface area contributed by atoms with Crippen molar-refractivity contribution in [3.05, 3.63) is 42.5 Å². The number of hydrogen-bond donors (Lipinski definition) is 1. The largest absolute Gasteiger partial charge is 0.325 e. The van der Waals surface area contributed by atoms with Crippen molar-refractivity contribution in [3.8, 4) is 0 Å². The van der Waals surface area contributed by atoms with Gasteiger partial charge in [-0.25, -0.2) is 0 Å². The maximum atomic E-state index is 12.4. The lowest BCUT2D eigenvalue weighted by Crippen LogP contribution is -2.30. The van der Waals surface area contributed by atoms with Gasteiger partial charge in [-0.1, -0.05) is 59.5 Å². The van der Waals surface area contributed by atoms with Crippen molar-refractivity contribution >= 4 is 56.5 Å². The van der Waals surface area contributed by atoms with Gasteiger partial charge in [-0.3, -0.25) is 14.5 Å². The van der Waals surface area contributed by atoms with Crippen LogP contribution in [0.3, 0.4) is 0 Å². The minimum atomic E-state index is -0.0984. The summed E-state index contributed by atoms with van der Waals surface area (Å²) in [5, 5.41) is 13.9. The number of anilines is 2. The first kappa shape index (κ1) is 17.9. The highest BCUT2D eigenvalue weighted by atomic mass is 32.2. The zero-order valence-corrected chi connectivity index (χ0v) is 16.3. The Balaban J connectivity index is 1.39. The molecular formula is C19H18N4O2S2. The Bertz CT molecular complexity index is 995. The molecule has 1 fully saturated rings. The summed E-state index contributed by atoms with van der Waals surface area (Å²) in [6.45, 7) is 1.55.